The lowest BCUT2D eigenvalue weighted by molar-refractivity contribution is 0.172. The number of amides is 2. The fourth-order valence-corrected chi connectivity index (χ4v) is 4.48. The van der Waals surface area contributed by atoms with Gasteiger partial charge in [-0.25, -0.2) is 14.8 Å². The maximum Gasteiger partial charge on any atom is 0.321 e. The molecule has 2 aromatic heterocycles. The van der Waals surface area contributed by atoms with Gasteiger partial charge in [0.2, 0.25) is 5.95 Å². The summed E-state index contributed by atoms with van der Waals surface area (Å²) < 4.78 is 1.95. The topological polar surface area (TPSA) is 88.0 Å². The maximum atomic E-state index is 12.8. The number of imidazole rings is 1. The van der Waals surface area contributed by atoms with Crippen molar-refractivity contribution in [1.82, 2.24) is 24.4 Å². The average molecular weight is 476 g/mol. The average Bonchev–Trinajstić information content (AvgIpc) is 3.30. The first kappa shape index (κ1) is 22.2. The Hall–Kier alpha value is -3.65. The number of para-hydroxylation sites is 2. The number of piperidine rings is 1. The van der Waals surface area contributed by atoms with Crippen LogP contribution in [0.4, 0.5) is 16.4 Å². The van der Waals surface area contributed by atoms with E-state index >= 15 is 0 Å². The number of aromatic nitrogens is 4. The van der Waals surface area contributed by atoms with Crippen LogP contribution >= 0.6 is 11.6 Å². The van der Waals surface area contributed by atoms with Crippen molar-refractivity contribution in [2.75, 3.05) is 23.7 Å². The first-order chi connectivity index (χ1) is 16.6. The molecule has 0 radical (unpaired) electrons. The number of anilines is 2. The van der Waals surface area contributed by atoms with Gasteiger partial charge in [0.05, 0.1) is 11.0 Å². The van der Waals surface area contributed by atoms with E-state index in [2.05, 4.69) is 27.5 Å². The monoisotopic (exact) mass is 475 g/mol. The lowest BCUT2D eigenvalue weighted by Crippen LogP contribution is -2.46. The van der Waals surface area contributed by atoms with E-state index in [9.17, 15) is 4.79 Å². The van der Waals surface area contributed by atoms with Crippen molar-refractivity contribution >= 4 is 40.3 Å². The van der Waals surface area contributed by atoms with E-state index in [1.165, 1.54) is 0 Å². The van der Waals surface area contributed by atoms with Gasteiger partial charge in [-0.2, -0.15) is 4.98 Å². The predicted octanol–water partition coefficient (Wildman–Crippen LogP) is 5.21. The second-order valence-corrected chi connectivity index (χ2v) is 9.00. The Kier molecular flexibility index (Phi) is 6.31. The van der Waals surface area contributed by atoms with Crippen molar-refractivity contribution < 1.29 is 4.79 Å². The zero-order chi connectivity index (χ0) is 23.5. The molecular weight excluding hydrogens is 450 g/mol. The van der Waals surface area contributed by atoms with Gasteiger partial charge in [-0.05, 0) is 68.1 Å². The van der Waals surface area contributed by atoms with Crippen LogP contribution in [0.15, 0.2) is 67.1 Å². The second kappa shape index (κ2) is 9.69. The number of fused-ring (bicyclic) bond motifs is 1. The zero-order valence-electron chi connectivity index (χ0n) is 18.9. The summed E-state index contributed by atoms with van der Waals surface area (Å²) in [5.74, 6) is 1.60. The molecule has 2 atom stereocenters. The Morgan fingerprint density at radius 2 is 1.94 bits per heavy atom. The second-order valence-electron chi connectivity index (χ2n) is 8.56. The number of rotatable bonds is 5. The third-order valence-electron chi connectivity index (χ3n) is 6.25. The van der Waals surface area contributed by atoms with Crippen molar-refractivity contribution in [1.29, 1.82) is 0 Å². The SMILES string of the molecule is CC(Nc1nccc(-n2cnc3ccccc32)n1)C1CCCN(C(=O)Nc2ccc(Cl)cc2)C1. The smallest absolute Gasteiger partial charge is 0.321 e. The molecule has 1 fully saturated rings. The van der Waals surface area contributed by atoms with E-state index in [0.29, 0.717) is 17.5 Å². The molecule has 5 rings (SSSR count). The van der Waals surface area contributed by atoms with Gasteiger partial charge in [-0.15, -0.1) is 0 Å². The first-order valence-corrected chi connectivity index (χ1v) is 11.8. The molecule has 9 heteroatoms. The number of nitrogens with one attached hydrogen (secondary N) is 2. The normalized spacial score (nSPS) is 16.9. The van der Waals surface area contributed by atoms with Crippen LogP contribution in [0.1, 0.15) is 19.8 Å². The molecule has 2 N–H and O–H groups in total. The fraction of sp³-hybridized carbons (Fsp3) is 0.280. The molecule has 174 valence electrons. The standard InChI is InChI=1S/C25H26ClN7O/c1-17(18-5-4-14-32(15-18)25(34)30-20-10-8-19(26)9-11-20)29-24-27-13-12-23(31-24)33-16-28-21-6-2-3-7-22(21)33/h2-3,6-13,16-18H,4-5,14-15H2,1H3,(H,30,34)(H,27,29,31). The number of urea groups is 1. The molecule has 4 aromatic rings. The molecule has 2 aromatic carbocycles. The molecule has 34 heavy (non-hydrogen) atoms. The summed E-state index contributed by atoms with van der Waals surface area (Å²) in [7, 11) is 0. The van der Waals surface area contributed by atoms with Crippen molar-refractivity contribution in [3.63, 3.8) is 0 Å². The van der Waals surface area contributed by atoms with Crippen LogP contribution in [-0.2, 0) is 0 Å². The number of carbonyl (C=O) groups is 1. The number of likely N-dealkylation sites (tertiary alicyclic amines) is 1. The Morgan fingerprint density at radius 1 is 1.12 bits per heavy atom. The number of carbonyl (C=O) groups excluding carboxylic acids is 1. The first-order valence-electron chi connectivity index (χ1n) is 11.4. The highest BCUT2D eigenvalue weighted by Gasteiger charge is 2.28. The minimum Gasteiger partial charge on any atom is -0.351 e. The molecule has 1 saturated heterocycles. The van der Waals surface area contributed by atoms with Gasteiger partial charge in [0.15, 0.2) is 0 Å². The number of hydrogen-bond acceptors (Lipinski definition) is 5. The van der Waals surface area contributed by atoms with E-state index in [0.717, 1.165) is 41.9 Å². The summed E-state index contributed by atoms with van der Waals surface area (Å²) in [5, 5.41) is 7.05. The molecule has 0 spiro atoms. The van der Waals surface area contributed by atoms with E-state index in [4.69, 9.17) is 16.6 Å². The van der Waals surface area contributed by atoms with Crippen LogP contribution in [0.5, 0.6) is 0 Å². The summed E-state index contributed by atoms with van der Waals surface area (Å²) in [6.07, 6.45) is 5.51. The van der Waals surface area contributed by atoms with Crippen molar-refractivity contribution in [2.45, 2.75) is 25.8 Å². The number of nitrogens with zero attached hydrogens (tertiary/aromatic N) is 5. The van der Waals surface area contributed by atoms with Crippen LogP contribution < -0.4 is 10.6 Å². The van der Waals surface area contributed by atoms with Crippen molar-refractivity contribution in [3.8, 4) is 5.82 Å². The van der Waals surface area contributed by atoms with Crippen LogP contribution in [0.2, 0.25) is 5.02 Å². The maximum absolute atomic E-state index is 12.8. The van der Waals surface area contributed by atoms with Gasteiger partial charge in [0.1, 0.15) is 12.1 Å². The quantitative estimate of drug-likeness (QED) is 0.413. The third-order valence-corrected chi connectivity index (χ3v) is 6.50. The molecule has 0 aliphatic carbocycles. The molecule has 2 unspecified atom stereocenters. The molecule has 2 amide bonds. The highest BCUT2D eigenvalue weighted by atomic mass is 35.5. The van der Waals surface area contributed by atoms with Gasteiger partial charge >= 0.3 is 6.03 Å². The van der Waals surface area contributed by atoms with Gasteiger partial charge in [0.25, 0.3) is 0 Å². The van der Waals surface area contributed by atoms with E-state index in [1.807, 2.05) is 39.8 Å². The van der Waals surface area contributed by atoms with Crippen molar-refractivity contribution in [2.24, 2.45) is 5.92 Å². The summed E-state index contributed by atoms with van der Waals surface area (Å²) in [5.41, 5.74) is 2.65. The van der Waals surface area contributed by atoms with E-state index in [-0.39, 0.29) is 18.0 Å². The highest BCUT2D eigenvalue weighted by molar-refractivity contribution is 6.30. The Morgan fingerprint density at radius 3 is 2.79 bits per heavy atom. The molecule has 1 aliphatic rings. The van der Waals surface area contributed by atoms with Crippen LogP contribution in [0.25, 0.3) is 16.9 Å². The Balaban J connectivity index is 1.24. The van der Waals surface area contributed by atoms with Crippen molar-refractivity contribution in [3.05, 3.63) is 72.1 Å². The summed E-state index contributed by atoms with van der Waals surface area (Å²) in [6, 6.07) is 17.0. The Bertz CT molecular complexity index is 1290. The third kappa shape index (κ3) is 4.82. The van der Waals surface area contributed by atoms with Gasteiger partial charge in [-0.1, -0.05) is 23.7 Å². The van der Waals surface area contributed by atoms with Crippen LogP contribution in [-0.4, -0.2) is 49.6 Å². The van der Waals surface area contributed by atoms with Crippen LogP contribution in [0, 0.1) is 5.92 Å². The Labute approximate surface area is 203 Å². The molecule has 3 heterocycles. The fourth-order valence-electron chi connectivity index (χ4n) is 4.35. The molecule has 0 saturated carbocycles. The summed E-state index contributed by atoms with van der Waals surface area (Å²) in [4.78, 5) is 28.2. The van der Waals surface area contributed by atoms with E-state index < -0.39 is 0 Å². The van der Waals surface area contributed by atoms with Gasteiger partial charge in [-0.3, -0.25) is 4.57 Å². The molecule has 1 aliphatic heterocycles. The van der Waals surface area contributed by atoms with E-state index in [1.54, 1.807) is 36.8 Å². The largest absolute Gasteiger partial charge is 0.351 e. The summed E-state index contributed by atoms with van der Waals surface area (Å²) >= 11 is 5.94. The molecular formula is C25H26ClN7O. The molecule has 0 bridgehead atoms. The number of halogens is 1. The zero-order valence-corrected chi connectivity index (χ0v) is 19.6. The number of hydrogen-bond donors (Lipinski definition) is 2. The van der Waals surface area contributed by atoms with Gasteiger partial charge < -0.3 is 15.5 Å². The van der Waals surface area contributed by atoms with Crippen LogP contribution in [0.3, 0.4) is 0 Å². The predicted molar refractivity (Wildman–Crippen MR) is 135 cm³/mol. The lowest BCUT2D eigenvalue weighted by atomic mass is 9.92. The minimum atomic E-state index is -0.0931. The summed E-state index contributed by atoms with van der Waals surface area (Å²) in [6.45, 7) is 3.52. The lowest BCUT2D eigenvalue weighted by Gasteiger charge is -2.36. The number of benzene rings is 2. The molecule has 8 nitrogen and oxygen atoms in total. The van der Waals surface area contributed by atoms with Gasteiger partial charge in [0, 0.05) is 36.0 Å². The minimum absolute atomic E-state index is 0.0931. The highest BCUT2D eigenvalue weighted by Crippen LogP contribution is 2.23.